The first kappa shape index (κ1) is 6.50. The second kappa shape index (κ2) is 3.68. The maximum absolute atomic E-state index is 8.43. The van der Waals surface area contributed by atoms with E-state index in [1.807, 2.05) is 0 Å². The van der Waals surface area contributed by atoms with E-state index in [9.17, 15) is 0 Å². The van der Waals surface area contributed by atoms with Crippen LogP contribution in [0.4, 0.5) is 0 Å². The largest absolute Gasteiger partial charge is 0.513 e. The standard InChI is InChI=1S/C5H10O2/c1-5(7)3-2-4-6/h3,6-7H,2,4H2,1H3. The van der Waals surface area contributed by atoms with Gasteiger partial charge in [0.25, 0.3) is 0 Å². The van der Waals surface area contributed by atoms with Crippen molar-refractivity contribution in [3.63, 3.8) is 0 Å². The van der Waals surface area contributed by atoms with E-state index < -0.39 is 0 Å². The number of allylic oxidation sites excluding steroid dienone is 1. The minimum absolute atomic E-state index is 0.109. The van der Waals surface area contributed by atoms with E-state index in [0.29, 0.717) is 6.42 Å². The van der Waals surface area contributed by atoms with Crippen LogP contribution in [0.15, 0.2) is 11.8 Å². The fourth-order valence-corrected chi connectivity index (χ4v) is 0.273. The highest BCUT2D eigenvalue weighted by atomic mass is 16.3. The number of aliphatic hydroxyl groups is 2. The predicted octanol–water partition coefficient (Wildman–Crippen LogP) is 0.831. The first-order valence-corrected chi connectivity index (χ1v) is 2.24. The van der Waals surface area contributed by atoms with E-state index >= 15 is 0 Å². The number of hydrogen-bond donors (Lipinski definition) is 2. The minimum atomic E-state index is 0.109. The van der Waals surface area contributed by atoms with Crippen molar-refractivity contribution >= 4 is 0 Å². The van der Waals surface area contributed by atoms with Crippen LogP contribution in [-0.2, 0) is 0 Å². The molecule has 0 saturated heterocycles. The van der Waals surface area contributed by atoms with Crippen molar-refractivity contribution in [3.8, 4) is 0 Å². The van der Waals surface area contributed by atoms with Crippen LogP contribution in [-0.4, -0.2) is 16.8 Å². The summed E-state index contributed by atoms with van der Waals surface area (Å²) in [6.45, 7) is 1.69. The second-order valence-corrected chi connectivity index (χ2v) is 1.36. The van der Waals surface area contributed by atoms with Gasteiger partial charge in [-0.25, -0.2) is 0 Å². The molecule has 0 aliphatic heterocycles. The molecule has 0 atom stereocenters. The Balaban J connectivity index is 3.08. The normalized spacial score (nSPS) is 12.0. The summed E-state index contributed by atoms with van der Waals surface area (Å²) in [7, 11) is 0. The predicted molar refractivity (Wildman–Crippen MR) is 28.1 cm³/mol. The van der Waals surface area contributed by atoms with E-state index in [1.165, 1.54) is 0 Å². The highest BCUT2D eigenvalue weighted by Crippen LogP contribution is 1.86. The maximum atomic E-state index is 8.43. The zero-order valence-electron chi connectivity index (χ0n) is 4.39. The van der Waals surface area contributed by atoms with Crippen LogP contribution < -0.4 is 0 Å². The molecule has 0 saturated carbocycles. The molecule has 0 radical (unpaired) electrons. The van der Waals surface area contributed by atoms with Gasteiger partial charge in [-0.3, -0.25) is 0 Å². The zero-order chi connectivity index (χ0) is 5.70. The van der Waals surface area contributed by atoms with Crippen molar-refractivity contribution in [2.45, 2.75) is 13.3 Å². The monoisotopic (exact) mass is 102 g/mol. The molecule has 0 heterocycles. The highest BCUT2D eigenvalue weighted by molar-refractivity contribution is 4.84. The molecule has 0 fully saturated rings. The lowest BCUT2D eigenvalue weighted by atomic mass is 10.4. The Kier molecular flexibility index (Phi) is 3.42. The molecule has 0 spiro atoms. The van der Waals surface area contributed by atoms with E-state index in [0.717, 1.165) is 0 Å². The first-order chi connectivity index (χ1) is 3.27. The average Bonchev–Trinajstić information content (AvgIpc) is 1.61. The van der Waals surface area contributed by atoms with Crippen molar-refractivity contribution in [2.24, 2.45) is 0 Å². The molecule has 0 unspecified atom stereocenters. The molecule has 42 valence electrons. The molecule has 0 aliphatic carbocycles. The molecule has 0 aliphatic rings. The third-order valence-corrected chi connectivity index (χ3v) is 0.569. The Bertz CT molecular complexity index is 62.5. The maximum Gasteiger partial charge on any atom is 0.0852 e. The van der Waals surface area contributed by atoms with Crippen LogP contribution in [0.3, 0.4) is 0 Å². The second-order valence-electron chi connectivity index (χ2n) is 1.36. The molecule has 2 heteroatoms. The number of aliphatic hydroxyl groups excluding tert-OH is 2. The van der Waals surface area contributed by atoms with E-state index in [-0.39, 0.29) is 12.4 Å². The fourth-order valence-electron chi connectivity index (χ4n) is 0.273. The van der Waals surface area contributed by atoms with Gasteiger partial charge >= 0.3 is 0 Å². The summed E-state index contributed by atoms with van der Waals surface area (Å²) in [6.07, 6.45) is 2.11. The van der Waals surface area contributed by atoms with Crippen LogP contribution in [0.1, 0.15) is 13.3 Å². The van der Waals surface area contributed by atoms with E-state index in [1.54, 1.807) is 13.0 Å². The Hall–Kier alpha value is -0.500. The molecule has 0 bridgehead atoms. The van der Waals surface area contributed by atoms with Crippen LogP contribution in [0, 0.1) is 0 Å². The quantitative estimate of drug-likeness (QED) is 0.507. The van der Waals surface area contributed by atoms with Gasteiger partial charge in [-0.05, 0) is 19.4 Å². The smallest absolute Gasteiger partial charge is 0.0852 e. The van der Waals surface area contributed by atoms with E-state index in [2.05, 4.69) is 0 Å². The molecular weight excluding hydrogens is 92.1 g/mol. The molecule has 7 heavy (non-hydrogen) atoms. The highest BCUT2D eigenvalue weighted by Gasteiger charge is 1.76. The van der Waals surface area contributed by atoms with Crippen LogP contribution in [0.25, 0.3) is 0 Å². The lowest BCUT2D eigenvalue weighted by Crippen LogP contribution is -1.77. The van der Waals surface area contributed by atoms with Crippen LogP contribution >= 0.6 is 0 Å². The van der Waals surface area contributed by atoms with Crippen LogP contribution in [0.2, 0.25) is 0 Å². The number of hydrogen-bond acceptors (Lipinski definition) is 2. The molecule has 0 aromatic rings. The molecule has 2 N–H and O–H groups in total. The lowest BCUT2D eigenvalue weighted by Gasteiger charge is -1.84. The van der Waals surface area contributed by atoms with Gasteiger partial charge in [-0.1, -0.05) is 0 Å². The Morgan fingerprint density at radius 3 is 2.43 bits per heavy atom. The van der Waals surface area contributed by atoms with Gasteiger partial charge in [0.15, 0.2) is 0 Å². The summed E-state index contributed by atoms with van der Waals surface area (Å²) in [6, 6.07) is 0. The Morgan fingerprint density at radius 2 is 2.29 bits per heavy atom. The number of rotatable bonds is 2. The van der Waals surface area contributed by atoms with Crippen molar-refractivity contribution in [3.05, 3.63) is 11.8 Å². The van der Waals surface area contributed by atoms with Crippen molar-refractivity contribution in [1.82, 2.24) is 0 Å². The van der Waals surface area contributed by atoms with Gasteiger partial charge in [0.2, 0.25) is 0 Å². The molecule has 0 aromatic carbocycles. The van der Waals surface area contributed by atoms with Crippen LogP contribution in [0.5, 0.6) is 0 Å². The summed E-state index contributed by atoms with van der Waals surface area (Å²) in [5.41, 5.74) is 0. The van der Waals surface area contributed by atoms with Gasteiger partial charge in [-0.15, -0.1) is 0 Å². The molecular formula is C5H10O2. The topological polar surface area (TPSA) is 40.5 Å². The fraction of sp³-hybridized carbons (Fsp3) is 0.600. The lowest BCUT2D eigenvalue weighted by molar-refractivity contribution is 0.299. The van der Waals surface area contributed by atoms with Gasteiger partial charge < -0.3 is 10.2 Å². The van der Waals surface area contributed by atoms with Gasteiger partial charge in [0, 0.05) is 6.61 Å². The van der Waals surface area contributed by atoms with Gasteiger partial charge in [0.1, 0.15) is 0 Å². The third-order valence-electron chi connectivity index (χ3n) is 0.569. The van der Waals surface area contributed by atoms with Gasteiger partial charge in [0.05, 0.1) is 5.76 Å². The van der Waals surface area contributed by atoms with E-state index in [4.69, 9.17) is 10.2 Å². The molecule has 2 nitrogen and oxygen atoms in total. The summed E-state index contributed by atoms with van der Waals surface area (Å²) in [4.78, 5) is 0. The average molecular weight is 102 g/mol. The zero-order valence-corrected chi connectivity index (χ0v) is 4.39. The first-order valence-electron chi connectivity index (χ1n) is 2.24. The molecule has 0 amide bonds. The molecule has 0 rings (SSSR count). The third kappa shape index (κ3) is 5.50. The van der Waals surface area contributed by atoms with Gasteiger partial charge in [-0.2, -0.15) is 0 Å². The Morgan fingerprint density at radius 1 is 1.71 bits per heavy atom. The SMILES string of the molecule is CC(O)=CCCO. The molecule has 0 aromatic heterocycles. The van der Waals surface area contributed by atoms with Crippen molar-refractivity contribution in [1.29, 1.82) is 0 Å². The van der Waals surface area contributed by atoms with Crippen molar-refractivity contribution in [2.75, 3.05) is 6.61 Å². The Labute approximate surface area is 43.1 Å². The summed E-state index contributed by atoms with van der Waals surface area (Å²) >= 11 is 0. The van der Waals surface area contributed by atoms with Crippen molar-refractivity contribution < 1.29 is 10.2 Å². The summed E-state index contributed by atoms with van der Waals surface area (Å²) < 4.78 is 0. The summed E-state index contributed by atoms with van der Waals surface area (Å²) in [5.74, 6) is 0.272. The minimum Gasteiger partial charge on any atom is -0.513 e. The summed E-state index contributed by atoms with van der Waals surface area (Å²) in [5, 5.41) is 16.6.